The van der Waals surface area contributed by atoms with Crippen molar-refractivity contribution in [1.29, 1.82) is 0 Å². The van der Waals surface area contributed by atoms with Crippen LogP contribution in [0.3, 0.4) is 0 Å². The molecule has 2 aliphatic carbocycles. The smallest absolute Gasteiger partial charge is 0.249 e. The molecule has 2 amide bonds. The third-order valence-electron chi connectivity index (χ3n) is 5.48. The van der Waals surface area contributed by atoms with Crippen LogP contribution in [-0.2, 0) is 9.59 Å². The fourth-order valence-electron chi connectivity index (χ4n) is 4.04. The van der Waals surface area contributed by atoms with E-state index in [1.165, 1.54) is 19.3 Å². The summed E-state index contributed by atoms with van der Waals surface area (Å²) in [5, 5.41) is 3.10. The van der Waals surface area contributed by atoms with Gasteiger partial charge >= 0.3 is 0 Å². The number of carbonyl (C=O) groups is 2. The molecule has 3 aliphatic rings. The molecule has 3 fully saturated rings. The number of hydrogen-bond acceptors (Lipinski definition) is 2. The summed E-state index contributed by atoms with van der Waals surface area (Å²) in [6.07, 6.45) is 8.05. The largest absolute Gasteiger partial charge is 0.340 e. The van der Waals surface area contributed by atoms with Crippen molar-refractivity contribution in [2.45, 2.75) is 82.8 Å². The maximum Gasteiger partial charge on any atom is 0.249 e. The minimum atomic E-state index is -0.579. The molecule has 1 aliphatic heterocycles. The molecule has 1 N–H and O–H groups in total. The van der Waals surface area contributed by atoms with Crippen molar-refractivity contribution in [3.63, 3.8) is 0 Å². The zero-order valence-corrected chi connectivity index (χ0v) is 12.7. The molecule has 0 aromatic rings. The first kappa shape index (κ1) is 13.9. The third-order valence-corrected chi connectivity index (χ3v) is 5.48. The molecule has 0 aromatic carbocycles. The van der Waals surface area contributed by atoms with Crippen LogP contribution in [0.25, 0.3) is 0 Å². The number of hydrogen-bond donors (Lipinski definition) is 1. The lowest BCUT2D eigenvalue weighted by Crippen LogP contribution is -2.72. The number of nitrogens with one attached hydrogen (secondary N) is 1. The molecular formula is C16H26N2O2. The molecule has 1 saturated heterocycles. The van der Waals surface area contributed by atoms with Gasteiger partial charge in [0.25, 0.3) is 0 Å². The van der Waals surface area contributed by atoms with Crippen LogP contribution < -0.4 is 5.32 Å². The average Bonchev–Trinajstić information content (AvgIpc) is 3.27. The Morgan fingerprint density at radius 2 is 1.90 bits per heavy atom. The summed E-state index contributed by atoms with van der Waals surface area (Å²) in [6.45, 7) is 4.14. The summed E-state index contributed by atoms with van der Waals surface area (Å²) >= 11 is 0. The van der Waals surface area contributed by atoms with E-state index < -0.39 is 5.54 Å². The van der Waals surface area contributed by atoms with Crippen LogP contribution in [0.15, 0.2) is 0 Å². The molecule has 3 rings (SSSR count). The van der Waals surface area contributed by atoms with Crippen molar-refractivity contribution in [3.05, 3.63) is 0 Å². The van der Waals surface area contributed by atoms with E-state index in [9.17, 15) is 9.59 Å². The molecule has 20 heavy (non-hydrogen) atoms. The van der Waals surface area contributed by atoms with Crippen LogP contribution in [0.1, 0.15) is 65.2 Å². The molecule has 4 nitrogen and oxygen atoms in total. The standard InChI is InChI=1S/C16H26N2O2/c1-3-13-14(19)17-16(9-5-4-6-10-16)15(20)18(13)11(2)12-7-8-12/h11-13H,3-10H2,1-2H3,(H,17,19). The van der Waals surface area contributed by atoms with Crippen LogP contribution >= 0.6 is 0 Å². The normalized spacial score (nSPS) is 31.3. The highest BCUT2D eigenvalue weighted by molar-refractivity contribution is 6.00. The van der Waals surface area contributed by atoms with Gasteiger partial charge in [-0.1, -0.05) is 26.2 Å². The topological polar surface area (TPSA) is 49.4 Å². The first-order chi connectivity index (χ1) is 9.59. The van der Waals surface area contributed by atoms with Crippen molar-refractivity contribution in [2.24, 2.45) is 5.92 Å². The Morgan fingerprint density at radius 1 is 1.25 bits per heavy atom. The van der Waals surface area contributed by atoms with Crippen molar-refractivity contribution in [2.75, 3.05) is 0 Å². The average molecular weight is 278 g/mol. The van der Waals surface area contributed by atoms with E-state index in [-0.39, 0.29) is 23.9 Å². The fourth-order valence-corrected chi connectivity index (χ4v) is 4.04. The van der Waals surface area contributed by atoms with E-state index in [0.29, 0.717) is 12.3 Å². The monoisotopic (exact) mass is 278 g/mol. The van der Waals surface area contributed by atoms with E-state index in [4.69, 9.17) is 0 Å². The number of nitrogens with zero attached hydrogens (tertiary/aromatic N) is 1. The maximum atomic E-state index is 13.1. The molecule has 0 bridgehead atoms. The van der Waals surface area contributed by atoms with Gasteiger partial charge in [0.1, 0.15) is 11.6 Å². The lowest BCUT2D eigenvalue weighted by Gasteiger charge is -2.49. The molecule has 1 heterocycles. The molecular weight excluding hydrogens is 252 g/mol. The Morgan fingerprint density at radius 3 is 2.45 bits per heavy atom. The van der Waals surface area contributed by atoms with Crippen LogP contribution in [-0.4, -0.2) is 34.3 Å². The van der Waals surface area contributed by atoms with Gasteiger partial charge in [0, 0.05) is 6.04 Å². The molecule has 1 spiro atoms. The number of piperazine rings is 1. The van der Waals surface area contributed by atoms with Crippen LogP contribution in [0.4, 0.5) is 0 Å². The van der Waals surface area contributed by atoms with E-state index in [2.05, 4.69) is 12.2 Å². The van der Waals surface area contributed by atoms with Gasteiger partial charge in [0.05, 0.1) is 0 Å². The zero-order chi connectivity index (χ0) is 14.3. The first-order valence-corrected chi connectivity index (χ1v) is 8.24. The van der Waals surface area contributed by atoms with E-state index in [1.54, 1.807) is 0 Å². The number of rotatable bonds is 3. The van der Waals surface area contributed by atoms with Crippen molar-refractivity contribution >= 4 is 11.8 Å². The summed E-state index contributed by atoms with van der Waals surface area (Å²) in [4.78, 5) is 27.5. The van der Waals surface area contributed by atoms with E-state index in [0.717, 1.165) is 25.7 Å². The Hall–Kier alpha value is -1.06. The number of carbonyl (C=O) groups excluding carboxylic acids is 2. The highest BCUT2D eigenvalue weighted by Gasteiger charge is 2.53. The molecule has 0 aromatic heterocycles. The Labute approximate surface area is 121 Å². The van der Waals surface area contributed by atoms with E-state index in [1.807, 2.05) is 11.8 Å². The minimum Gasteiger partial charge on any atom is -0.340 e. The fraction of sp³-hybridized carbons (Fsp3) is 0.875. The predicted molar refractivity (Wildman–Crippen MR) is 77.1 cm³/mol. The van der Waals surface area contributed by atoms with Crippen LogP contribution in [0.5, 0.6) is 0 Å². The second kappa shape index (κ2) is 5.05. The Kier molecular flexibility index (Phi) is 3.51. The van der Waals surface area contributed by atoms with Gasteiger partial charge in [0.2, 0.25) is 11.8 Å². The number of amides is 2. The maximum absolute atomic E-state index is 13.1. The van der Waals surface area contributed by atoms with Crippen LogP contribution in [0.2, 0.25) is 0 Å². The molecule has 2 saturated carbocycles. The second-order valence-electron chi connectivity index (χ2n) is 6.85. The van der Waals surface area contributed by atoms with Gasteiger partial charge in [-0.3, -0.25) is 9.59 Å². The molecule has 0 radical (unpaired) electrons. The van der Waals surface area contributed by atoms with E-state index >= 15 is 0 Å². The molecule has 112 valence electrons. The first-order valence-electron chi connectivity index (χ1n) is 8.24. The van der Waals surface area contributed by atoms with Crippen molar-refractivity contribution < 1.29 is 9.59 Å². The summed E-state index contributed by atoms with van der Waals surface area (Å²) in [5.41, 5.74) is -0.579. The lowest BCUT2D eigenvalue weighted by atomic mass is 9.77. The highest BCUT2D eigenvalue weighted by Crippen LogP contribution is 2.40. The van der Waals surface area contributed by atoms with Crippen molar-refractivity contribution in [1.82, 2.24) is 10.2 Å². The minimum absolute atomic E-state index is 0.0708. The second-order valence-corrected chi connectivity index (χ2v) is 6.85. The Bertz CT molecular complexity index is 411. The van der Waals surface area contributed by atoms with Crippen LogP contribution in [0, 0.1) is 5.92 Å². The molecule has 2 unspecified atom stereocenters. The highest BCUT2D eigenvalue weighted by atomic mass is 16.2. The van der Waals surface area contributed by atoms with Gasteiger partial charge in [-0.15, -0.1) is 0 Å². The summed E-state index contributed by atoms with van der Waals surface area (Å²) in [6, 6.07) is -0.0389. The van der Waals surface area contributed by atoms with Gasteiger partial charge in [0.15, 0.2) is 0 Å². The van der Waals surface area contributed by atoms with Gasteiger partial charge in [-0.2, -0.15) is 0 Å². The quantitative estimate of drug-likeness (QED) is 0.860. The summed E-state index contributed by atoms with van der Waals surface area (Å²) < 4.78 is 0. The predicted octanol–water partition coefficient (Wildman–Crippen LogP) is 2.22. The van der Waals surface area contributed by atoms with Gasteiger partial charge in [-0.05, 0) is 44.9 Å². The third kappa shape index (κ3) is 2.13. The van der Waals surface area contributed by atoms with Crippen molar-refractivity contribution in [3.8, 4) is 0 Å². The summed E-state index contributed by atoms with van der Waals surface area (Å²) in [5.74, 6) is 0.879. The van der Waals surface area contributed by atoms with Gasteiger partial charge < -0.3 is 10.2 Å². The molecule has 4 heteroatoms. The summed E-state index contributed by atoms with van der Waals surface area (Å²) in [7, 11) is 0. The SMILES string of the molecule is CCC1C(=O)NC2(CCCCC2)C(=O)N1C(C)C1CC1. The molecule has 2 atom stereocenters. The zero-order valence-electron chi connectivity index (χ0n) is 12.7. The van der Waals surface area contributed by atoms with Gasteiger partial charge in [-0.25, -0.2) is 0 Å². The lowest BCUT2D eigenvalue weighted by molar-refractivity contribution is -0.160. The Balaban J connectivity index is 1.90.